The maximum absolute atomic E-state index is 13.1. The van der Waals surface area contributed by atoms with E-state index >= 15 is 0 Å². The van der Waals surface area contributed by atoms with Gasteiger partial charge in [-0.25, -0.2) is 17.2 Å². The van der Waals surface area contributed by atoms with E-state index in [1.54, 1.807) is 0 Å². The second kappa shape index (κ2) is 6.25. The molecule has 112 valence electrons. The highest BCUT2D eigenvalue weighted by Crippen LogP contribution is 2.20. The first-order chi connectivity index (χ1) is 9.25. The number of hydrogen-bond acceptors (Lipinski definition) is 4. The van der Waals surface area contributed by atoms with Gasteiger partial charge in [0.1, 0.15) is 6.04 Å². The molecule has 0 aliphatic heterocycles. The van der Waals surface area contributed by atoms with Gasteiger partial charge < -0.3 is 10.2 Å². The molecular formula is C11H13F2NO5S. The Hall–Kier alpha value is -1.58. The molecule has 2 N–H and O–H groups in total. The maximum atomic E-state index is 13.1. The molecule has 0 aliphatic carbocycles. The Labute approximate surface area is 114 Å². The van der Waals surface area contributed by atoms with Crippen molar-refractivity contribution in [1.82, 2.24) is 4.31 Å². The summed E-state index contributed by atoms with van der Waals surface area (Å²) >= 11 is 0. The zero-order valence-corrected chi connectivity index (χ0v) is 11.3. The molecule has 0 aromatic heterocycles. The topological polar surface area (TPSA) is 94.9 Å². The highest BCUT2D eigenvalue weighted by Gasteiger charge is 2.34. The Morgan fingerprint density at radius 2 is 1.95 bits per heavy atom. The average Bonchev–Trinajstić information content (AvgIpc) is 2.37. The molecule has 0 heterocycles. The summed E-state index contributed by atoms with van der Waals surface area (Å²) in [5.74, 6) is -4.12. The minimum atomic E-state index is -4.36. The lowest BCUT2D eigenvalue weighted by atomic mass is 10.3. The third-order valence-corrected chi connectivity index (χ3v) is 4.59. The van der Waals surface area contributed by atoms with Gasteiger partial charge in [-0.3, -0.25) is 4.79 Å². The van der Waals surface area contributed by atoms with Crippen LogP contribution in [0.2, 0.25) is 0 Å². The van der Waals surface area contributed by atoms with Crippen LogP contribution in [0.15, 0.2) is 23.1 Å². The summed E-state index contributed by atoms with van der Waals surface area (Å²) in [5, 5.41) is 17.9. The minimum absolute atomic E-state index is 0.251. The molecule has 0 fully saturated rings. The zero-order valence-electron chi connectivity index (χ0n) is 10.5. The first-order valence-electron chi connectivity index (χ1n) is 5.56. The highest BCUT2D eigenvalue weighted by molar-refractivity contribution is 7.89. The number of rotatable bonds is 6. The number of carboxylic acids is 1. The molecule has 0 spiro atoms. The Bertz CT molecular complexity index is 605. The number of carboxylic acid groups (broad SMARTS) is 1. The van der Waals surface area contributed by atoms with Crippen LogP contribution in [0.3, 0.4) is 0 Å². The van der Waals surface area contributed by atoms with E-state index in [1.165, 1.54) is 6.92 Å². The van der Waals surface area contributed by atoms with E-state index in [0.717, 1.165) is 6.07 Å². The summed E-state index contributed by atoms with van der Waals surface area (Å²) in [6, 6.07) is 0.222. The van der Waals surface area contributed by atoms with Gasteiger partial charge in [0.25, 0.3) is 0 Å². The Morgan fingerprint density at radius 1 is 1.35 bits per heavy atom. The number of nitrogens with zero attached hydrogens (tertiary/aromatic N) is 1. The van der Waals surface area contributed by atoms with Crippen LogP contribution in [0.5, 0.6) is 0 Å². The fraction of sp³-hybridized carbons (Fsp3) is 0.364. The molecule has 1 aromatic carbocycles. The van der Waals surface area contributed by atoms with Crippen LogP contribution in [0, 0.1) is 11.6 Å². The Balaban J connectivity index is 3.31. The van der Waals surface area contributed by atoms with Gasteiger partial charge >= 0.3 is 5.97 Å². The van der Waals surface area contributed by atoms with Crippen molar-refractivity contribution >= 4 is 16.0 Å². The summed E-state index contributed by atoms with van der Waals surface area (Å²) in [7, 11) is -4.36. The third kappa shape index (κ3) is 3.11. The molecule has 9 heteroatoms. The summed E-state index contributed by atoms with van der Waals surface area (Å²) in [6.45, 7) is 0.175. The van der Waals surface area contributed by atoms with E-state index in [1.807, 2.05) is 0 Å². The standard InChI is InChI=1S/C11H13F2NO5S/c1-2-14(10(6-15)11(16)17)20(18,19)7-3-4-8(12)9(13)5-7/h3-5,10,15H,2,6H2,1H3,(H,16,17). The summed E-state index contributed by atoms with van der Waals surface area (Å²) < 4.78 is 50.8. The number of benzene rings is 1. The van der Waals surface area contributed by atoms with E-state index < -0.39 is 45.2 Å². The van der Waals surface area contributed by atoms with Crippen molar-refractivity contribution in [2.45, 2.75) is 17.9 Å². The lowest BCUT2D eigenvalue weighted by molar-refractivity contribution is -0.142. The molecule has 0 saturated carbocycles. The number of aliphatic hydroxyl groups is 1. The van der Waals surface area contributed by atoms with E-state index in [9.17, 15) is 22.0 Å². The molecule has 0 bridgehead atoms. The minimum Gasteiger partial charge on any atom is -0.480 e. The van der Waals surface area contributed by atoms with E-state index in [2.05, 4.69) is 0 Å². The maximum Gasteiger partial charge on any atom is 0.324 e. The van der Waals surface area contributed by atoms with Crippen molar-refractivity contribution in [3.63, 3.8) is 0 Å². The van der Waals surface area contributed by atoms with E-state index in [0.29, 0.717) is 16.4 Å². The van der Waals surface area contributed by atoms with Crippen LogP contribution in [0.25, 0.3) is 0 Å². The second-order valence-electron chi connectivity index (χ2n) is 3.82. The van der Waals surface area contributed by atoms with Gasteiger partial charge in [0.05, 0.1) is 11.5 Å². The van der Waals surface area contributed by atoms with Crippen LogP contribution in [-0.4, -0.2) is 48.1 Å². The molecule has 0 saturated heterocycles. The van der Waals surface area contributed by atoms with E-state index in [4.69, 9.17) is 10.2 Å². The van der Waals surface area contributed by atoms with Crippen molar-refractivity contribution in [2.75, 3.05) is 13.2 Å². The van der Waals surface area contributed by atoms with Crippen LogP contribution < -0.4 is 0 Å². The molecule has 0 aliphatic rings. The number of carbonyl (C=O) groups is 1. The van der Waals surface area contributed by atoms with Crippen LogP contribution in [0.4, 0.5) is 8.78 Å². The molecule has 0 amide bonds. The van der Waals surface area contributed by atoms with Gasteiger partial charge in [-0.2, -0.15) is 4.31 Å². The van der Waals surface area contributed by atoms with Gasteiger partial charge in [0, 0.05) is 6.54 Å². The number of aliphatic hydroxyl groups excluding tert-OH is 1. The highest BCUT2D eigenvalue weighted by atomic mass is 32.2. The average molecular weight is 309 g/mol. The first kappa shape index (κ1) is 16.5. The van der Waals surface area contributed by atoms with Gasteiger partial charge in [-0.1, -0.05) is 6.92 Å². The van der Waals surface area contributed by atoms with Gasteiger partial charge in [-0.05, 0) is 18.2 Å². The predicted octanol–water partition coefficient (Wildman–Crippen LogP) is 0.421. The largest absolute Gasteiger partial charge is 0.480 e. The van der Waals surface area contributed by atoms with Crippen molar-refractivity contribution in [3.8, 4) is 0 Å². The summed E-state index contributed by atoms with van der Waals surface area (Å²) in [4.78, 5) is 10.3. The monoisotopic (exact) mass is 309 g/mol. The number of likely N-dealkylation sites (N-methyl/N-ethyl adjacent to an activating group) is 1. The molecule has 6 nitrogen and oxygen atoms in total. The van der Waals surface area contributed by atoms with Crippen molar-refractivity contribution in [3.05, 3.63) is 29.8 Å². The van der Waals surface area contributed by atoms with Crippen LogP contribution in [-0.2, 0) is 14.8 Å². The number of aliphatic carboxylic acids is 1. The van der Waals surface area contributed by atoms with Gasteiger partial charge in [0.2, 0.25) is 10.0 Å². The van der Waals surface area contributed by atoms with Crippen LogP contribution in [0.1, 0.15) is 6.92 Å². The van der Waals surface area contributed by atoms with Crippen molar-refractivity contribution in [1.29, 1.82) is 0 Å². The Morgan fingerprint density at radius 3 is 2.35 bits per heavy atom. The second-order valence-corrected chi connectivity index (χ2v) is 5.71. The number of hydrogen-bond donors (Lipinski definition) is 2. The van der Waals surface area contributed by atoms with Crippen molar-refractivity contribution < 1.29 is 32.2 Å². The third-order valence-electron chi connectivity index (χ3n) is 2.61. The molecule has 1 aromatic rings. The van der Waals surface area contributed by atoms with E-state index in [-0.39, 0.29) is 6.54 Å². The fourth-order valence-corrected chi connectivity index (χ4v) is 3.22. The quantitative estimate of drug-likeness (QED) is 0.794. The fourth-order valence-electron chi connectivity index (χ4n) is 1.62. The Kier molecular flexibility index (Phi) is 5.15. The lowest BCUT2D eigenvalue weighted by Gasteiger charge is -2.25. The summed E-state index contributed by atoms with van der Waals surface area (Å²) in [6.07, 6.45) is 0. The molecule has 1 atom stereocenters. The smallest absolute Gasteiger partial charge is 0.324 e. The predicted molar refractivity (Wildman–Crippen MR) is 64.4 cm³/mol. The van der Waals surface area contributed by atoms with Crippen LogP contribution >= 0.6 is 0 Å². The molecular weight excluding hydrogens is 296 g/mol. The van der Waals surface area contributed by atoms with Gasteiger partial charge in [0.15, 0.2) is 11.6 Å². The van der Waals surface area contributed by atoms with Gasteiger partial charge in [-0.15, -0.1) is 0 Å². The number of halogens is 2. The molecule has 1 unspecified atom stereocenters. The number of sulfonamides is 1. The first-order valence-corrected chi connectivity index (χ1v) is 7.00. The lowest BCUT2D eigenvalue weighted by Crippen LogP contribution is -2.47. The molecule has 20 heavy (non-hydrogen) atoms. The molecule has 0 radical (unpaired) electrons. The SMILES string of the molecule is CCN(C(CO)C(=O)O)S(=O)(=O)c1ccc(F)c(F)c1. The normalized spacial score (nSPS) is 13.4. The zero-order chi connectivity index (χ0) is 15.5. The van der Waals surface area contributed by atoms with Crippen molar-refractivity contribution in [2.24, 2.45) is 0 Å². The molecule has 1 rings (SSSR count). The summed E-state index contributed by atoms with van der Waals surface area (Å²) in [5.41, 5.74) is 0.